The molecule has 2 fully saturated rings. The number of nitrogens with zero attached hydrogens (tertiary/aromatic N) is 1. The summed E-state index contributed by atoms with van der Waals surface area (Å²) < 4.78 is 0. The second-order valence-electron chi connectivity index (χ2n) is 7.02. The molecule has 0 bridgehead atoms. The van der Waals surface area contributed by atoms with Gasteiger partial charge in [0.1, 0.15) is 6.04 Å². The van der Waals surface area contributed by atoms with E-state index in [1.807, 2.05) is 30.5 Å². The summed E-state index contributed by atoms with van der Waals surface area (Å²) in [5, 5.41) is 3.99. The van der Waals surface area contributed by atoms with Crippen molar-refractivity contribution >= 4 is 22.8 Å². The zero-order valence-corrected chi connectivity index (χ0v) is 13.8. The summed E-state index contributed by atoms with van der Waals surface area (Å²) in [6.45, 7) is 0.578. The van der Waals surface area contributed by atoms with Gasteiger partial charge < -0.3 is 10.3 Å². The Labute approximate surface area is 141 Å². The zero-order chi connectivity index (χ0) is 16.5. The Morgan fingerprint density at radius 1 is 1.08 bits per heavy atom. The molecule has 126 valence electrons. The number of nitrogens with one attached hydrogen (secondary N) is 2. The van der Waals surface area contributed by atoms with E-state index in [0.717, 1.165) is 29.3 Å². The maximum absolute atomic E-state index is 12.7. The van der Waals surface area contributed by atoms with Crippen LogP contribution in [0.3, 0.4) is 0 Å². The number of rotatable bonds is 4. The molecule has 1 saturated carbocycles. The average molecular weight is 325 g/mol. The second-order valence-corrected chi connectivity index (χ2v) is 7.02. The van der Waals surface area contributed by atoms with Gasteiger partial charge in [-0.05, 0) is 30.4 Å². The molecule has 5 heteroatoms. The van der Waals surface area contributed by atoms with E-state index in [2.05, 4.69) is 10.3 Å². The highest BCUT2D eigenvalue weighted by molar-refractivity contribution is 6.04. The van der Waals surface area contributed by atoms with E-state index in [4.69, 9.17) is 0 Å². The van der Waals surface area contributed by atoms with Gasteiger partial charge in [-0.2, -0.15) is 0 Å². The first-order chi connectivity index (χ1) is 11.7. The van der Waals surface area contributed by atoms with Crippen LogP contribution in [-0.4, -0.2) is 34.4 Å². The van der Waals surface area contributed by atoms with Crippen LogP contribution in [0.1, 0.15) is 37.7 Å². The molecule has 1 aliphatic carbocycles. The van der Waals surface area contributed by atoms with Crippen LogP contribution in [0.15, 0.2) is 30.5 Å². The van der Waals surface area contributed by atoms with E-state index in [-0.39, 0.29) is 11.9 Å². The van der Waals surface area contributed by atoms with E-state index in [1.165, 1.54) is 24.2 Å². The van der Waals surface area contributed by atoms with E-state index in [1.54, 1.807) is 0 Å². The number of aromatic nitrogens is 1. The maximum atomic E-state index is 12.7. The van der Waals surface area contributed by atoms with E-state index >= 15 is 0 Å². The molecule has 0 unspecified atom stereocenters. The number of carbonyl (C=O) groups excluding carboxylic acids is 2. The Morgan fingerprint density at radius 3 is 2.71 bits per heavy atom. The fourth-order valence-electron chi connectivity index (χ4n) is 4.04. The van der Waals surface area contributed by atoms with E-state index < -0.39 is 6.04 Å². The van der Waals surface area contributed by atoms with Gasteiger partial charge in [-0.1, -0.05) is 37.5 Å². The number of benzene rings is 1. The van der Waals surface area contributed by atoms with Gasteiger partial charge in [-0.3, -0.25) is 9.69 Å². The van der Waals surface area contributed by atoms with Crippen LogP contribution in [0.4, 0.5) is 4.79 Å². The number of carbonyl (C=O) groups is 2. The number of amides is 3. The SMILES string of the molecule is O=C1N[C@@H](Cc2c[nH]c3ccccc23)C(=O)N1CC1CCCCC1. The molecule has 2 aromatic rings. The Hall–Kier alpha value is -2.30. The summed E-state index contributed by atoms with van der Waals surface area (Å²) in [7, 11) is 0. The minimum absolute atomic E-state index is 0.0733. The first-order valence-electron chi connectivity index (χ1n) is 8.89. The van der Waals surface area contributed by atoms with Crippen LogP contribution in [0.2, 0.25) is 0 Å². The highest BCUT2D eigenvalue weighted by atomic mass is 16.2. The van der Waals surface area contributed by atoms with E-state index in [0.29, 0.717) is 18.9 Å². The summed E-state index contributed by atoms with van der Waals surface area (Å²) in [5.41, 5.74) is 2.13. The lowest BCUT2D eigenvalue weighted by molar-refractivity contribution is -0.128. The van der Waals surface area contributed by atoms with Gasteiger partial charge in [0.2, 0.25) is 0 Å². The standard InChI is InChI=1S/C19H23N3O2/c23-18-17(10-14-11-20-16-9-5-4-8-15(14)16)21-19(24)22(18)12-13-6-2-1-3-7-13/h4-5,8-9,11,13,17,20H,1-3,6-7,10,12H2,(H,21,24)/t17-/m0/s1. The first kappa shape index (κ1) is 15.2. The van der Waals surface area contributed by atoms with Gasteiger partial charge in [0.15, 0.2) is 0 Å². The first-order valence-corrected chi connectivity index (χ1v) is 8.89. The molecule has 0 spiro atoms. The van der Waals surface area contributed by atoms with Crippen LogP contribution in [-0.2, 0) is 11.2 Å². The van der Waals surface area contributed by atoms with Crippen LogP contribution in [0.5, 0.6) is 0 Å². The second kappa shape index (κ2) is 6.30. The largest absolute Gasteiger partial charge is 0.361 e. The van der Waals surface area contributed by atoms with Gasteiger partial charge in [0.05, 0.1) is 0 Å². The predicted octanol–water partition coefficient (Wildman–Crippen LogP) is 3.21. The van der Waals surface area contributed by atoms with Gasteiger partial charge in [0, 0.05) is 30.1 Å². The van der Waals surface area contributed by atoms with E-state index in [9.17, 15) is 9.59 Å². The molecule has 5 nitrogen and oxygen atoms in total. The van der Waals surface area contributed by atoms with Crippen molar-refractivity contribution in [2.24, 2.45) is 5.92 Å². The normalized spacial score (nSPS) is 22.3. The van der Waals surface area contributed by atoms with Gasteiger partial charge >= 0.3 is 6.03 Å². The van der Waals surface area contributed by atoms with Crippen molar-refractivity contribution in [2.75, 3.05) is 6.54 Å². The number of imide groups is 1. The molecular formula is C19H23N3O2. The Bertz CT molecular complexity index is 761. The smallest absolute Gasteiger partial charge is 0.324 e. The third kappa shape index (κ3) is 2.79. The fraction of sp³-hybridized carbons (Fsp3) is 0.474. The number of H-pyrrole nitrogens is 1. The molecule has 1 aromatic heterocycles. The molecule has 1 aromatic carbocycles. The number of hydrogen-bond donors (Lipinski definition) is 2. The van der Waals surface area contributed by atoms with Crippen LogP contribution >= 0.6 is 0 Å². The molecular weight excluding hydrogens is 302 g/mol. The number of para-hydroxylation sites is 1. The summed E-state index contributed by atoms with van der Waals surface area (Å²) in [6.07, 6.45) is 8.44. The third-order valence-electron chi connectivity index (χ3n) is 5.37. The molecule has 4 rings (SSSR count). The molecule has 24 heavy (non-hydrogen) atoms. The Balaban J connectivity index is 1.46. The monoisotopic (exact) mass is 325 g/mol. The fourth-order valence-corrected chi connectivity index (χ4v) is 4.04. The Kier molecular flexibility index (Phi) is 4.00. The summed E-state index contributed by atoms with van der Waals surface area (Å²) >= 11 is 0. The quantitative estimate of drug-likeness (QED) is 0.848. The highest BCUT2D eigenvalue weighted by Crippen LogP contribution is 2.26. The minimum Gasteiger partial charge on any atom is -0.361 e. The molecule has 1 saturated heterocycles. The van der Waals surface area contributed by atoms with Crippen molar-refractivity contribution in [1.82, 2.24) is 15.2 Å². The lowest BCUT2D eigenvalue weighted by Crippen LogP contribution is -2.36. The minimum atomic E-state index is -0.444. The maximum Gasteiger partial charge on any atom is 0.324 e. The molecule has 2 N–H and O–H groups in total. The summed E-state index contributed by atoms with van der Waals surface area (Å²) in [5.74, 6) is 0.399. The van der Waals surface area contributed by atoms with Crippen molar-refractivity contribution in [3.05, 3.63) is 36.0 Å². The van der Waals surface area contributed by atoms with Crippen molar-refractivity contribution in [3.63, 3.8) is 0 Å². The van der Waals surface area contributed by atoms with Crippen molar-refractivity contribution in [3.8, 4) is 0 Å². The van der Waals surface area contributed by atoms with Gasteiger partial charge in [-0.15, -0.1) is 0 Å². The van der Waals surface area contributed by atoms with Crippen molar-refractivity contribution in [1.29, 1.82) is 0 Å². The lowest BCUT2D eigenvalue weighted by atomic mass is 9.89. The number of hydrogen-bond acceptors (Lipinski definition) is 2. The molecule has 1 atom stereocenters. The molecule has 2 aliphatic rings. The molecule has 3 amide bonds. The van der Waals surface area contributed by atoms with Crippen LogP contribution in [0.25, 0.3) is 10.9 Å². The number of aromatic amines is 1. The van der Waals surface area contributed by atoms with Crippen LogP contribution < -0.4 is 5.32 Å². The summed E-state index contributed by atoms with van der Waals surface area (Å²) in [6, 6.07) is 7.36. The topological polar surface area (TPSA) is 65.2 Å². The molecule has 2 heterocycles. The Morgan fingerprint density at radius 2 is 1.88 bits per heavy atom. The zero-order valence-electron chi connectivity index (χ0n) is 13.8. The predicted molar refractivity (Wildman–Crippen MR) is 92.6 cm³/mol. The number of urea groups is 1. The average Bonchev–Trinajstić information content (AvgIpc) is 3.13. The molecule has 0 radical (unpaired) electrons. The lowest BCUT2D eigenvalue weighted by Gasteiger charge is -2.25. The van der Waals surface area contributed by atoms with Crippen molar-refractivity contribution in [2.45, 2.75) is 44.6 Å². The summed E-state index contributed by atoms with van der Waals surface area (Å²) in [4.78, 5) is 29.6. The van der Waals surface area contributed by atoms with Gasteiger partial charge in [0.25, 0.3) is 5.91 Å². The van der Waals surface area contributed by atoms with Gasteiger partial charge in [-0.25, -0.2) is 4.79 Å². The third-order valence-corrected chi connectivity index (χ3v) is 5.37. The molecule has 1 aliphatic heterocycles. The van der Waals surface area contributed by atoms with Crippen molar-refractivity contribution < 1.29 is 9.59 Å². The number of fused-ring (bicyclic) bond motifs is 1. The van der Waals surface area contributed by atoms with Crippen LogP contribution in [0, 0.1) is 5.92 Å². The highest BCUT2D eigenvalue weighted by Gasteiger charge is 2.39.